The Kier molecular flexibility index (Phi) is 6.18. The summed E-state index contributed by atoms with van der Waals surface area (Å²) in [6.07, 6.45) is 6.46. The van der Waals surface area contributed by atoms with Gasteiger partial charge in [0.15, 0.2) is 5.76 Å². The number of benzene rings is 1. The highest BCUT2D eigenvalue weighted by atomic mass is 32.2. The number of sulfonamides is 1. The van der Waals surface area contributed by atoms with Crippen LogP contribution in [-0.2, 0) is 16.4 Å². The second-order valence-corrected chi connectivity index (χ2v) is 10.0. The zero-order valence-corrected chi connectivity index (χ0v) is 18.9. The fraction of sp³-hybridized carbons (Fsp3) is 0.478. The number of furan rings is 1. The number of amides is 1. The molecule has 1 N–H and O–H groups in total. The maximum absolute atomic E-state index is 13.1. The van der Waals surface area contributed by atoms with Crippen LogP contribution in [0.15, 0.2) is 38.7 Å². The highest BCUT2D eigenvalue weighted by Crippen LogP contribution is 2.31. The number of nitrogens with one attached hydrogen (secondary N) is 1. The van der Waals surface area contributed by atoms with Crippen molar-refractivity contribution in [2.75, 3.05) is 13.1 Å². The lowest BCUT2D eigenvalue weighted by molar-refractivity contribution is 0.0726. The second kappa shape index (κ2) is 8.86. The van der Waals surface area contributed by atoms with Crippen molar-refractivity contribution in [1.82, 2.24) is 9.73 Å². The molecule has 0 radical (unpaired) electrons. The molecule has 4 rings (SSSR count). The third-order valence-corrected chi connectivity index (χ3v) is 7.27. The van der Waals surface area contributed by atoms with Crippen molar-refractivity contribution in [3.8, 4) is 0 Å². The van der Waals surface area contributed by atoms with Crippen LogP contribution in [0.2, 0.25) is 0 Å². The zero-order chi connectivity index (χ0) is 22.0. The first kappa shape index (κ1) is 21.6. The van der Waals surface area contributed by atoms with E-state index >= 15 is 0 Å². The molecular formula is C23H29N3O4S. The van der Waals surface area contributed by atoms with Crippen molar-refractivity contribution in [2.24, 2.45) is 5.10 Å². The number of carbonyl (C=O) groups excluding carboxylic acids is 1. The summed E-state index contributed by atoms with van der Waals surface area (Å²) in [7, 11) is -3.77. The molecule has 0 saturated carbocycles. The lowest BCUT2D eigenvalue weighted by atomic mass is 9.93. The molecule has 2 heterocycles. The predicted molar refractivity (Wildman–Crippen MR) is 119 cm³/mol. The number of hydrogen-bond donors (Lipinski definition) is 1. The SMILES string of the molecule is Cc1ccc(S(=O)(=O)N/N=C2\CCCc3oc(C(=O)N4CCCCCC4)c(C)c32)cc1. The lowest BCUT2D eigenvalue weighted by Gasteiger charge is -2.19. The molecule has 7 nitrogen and oxygen atoms in total. The van der Waals surface area contributed by atoms with Crippen LogP contribution >= 0.6 is 0 Å². The minimum absolute atomic E-state index is 0.0756. The Balaban J connectivity index is 1.60. The lowest BCUT2D eigenvalue weighted by Crippen LogP contribution is -2.32. The molecule has 8 heteroatoms. The maximum Gasteiger partial charge on any atom is 0.289 e. The largest absolute Gasteiger partial charge is 0.455 e. The molecule has 0 atom stereocenters. The Morgan fingerprint density at radius 1 is 1.00 bits per heavy atom. The van der Waals surface area contributed by atoms with Gasteiger partial charge in [0, 0.05) is 30.6 Å². The molecule has 1 aromatic carbocycles. The Hall–Kier alpha value is -2.61. The Bertz CT molecular complexity index is 1090. The van der Waals surface area contributed by atoms with Crippen molar-refractivity contribution in [2.45, 2.75) is 63.7 Å². The number of fused-ring (bicyclic) bond motifs is 1. The predicted octanol–water partition coefficient (Wildman–Crippen LogP) is 3.93. The molecule has 31 heavy (non-hydrogen) atoms. The van der Waals surface area contributed by atoms with Crippen LogP contribution in [0.1, 0.15) is 71.5 Å². The maximum atomic E-state index is 13.1. The van der Waals surface area contributed by atoms with Gasteiger partial charge in [-0.15, -0.1) is 0 Å². The van der Waals surface area contributed by atoms with E-state index in [-0.39, 0.29) is 10.8 Å². The van der Waals surface area contributed by atoms with Crippen LogP contribution in [0.5, 0.6) is 0 Å². The summed E-state index contributed by atoms with van der Waals surface area (Å²) in [5.74, 6) is 1.01. The zero-order valence-electron chi connectivity index (χ0n) is 18.1. The topological polar surface area (TPSA) is 92.0 Å². The minimum Gasteiger partial charge on any atom is -0.455 e. The van der Waals surface area contributed by atoms with Crippen molar-refractivity contribution < 1.29 is 17.6 Å². The molecule has 1 aromatic heterocycles. The molecular weight excluding hydrogens is 414 g/mol. The fourth-order valence-corrected chi connectivity index (χ4v) is 5.12. The van der Waals surface area contributed by atoms with E-state index in [0.717, 1.165) is 67.6 Å². The second-order valence-electron chi connectivity index (χ2n) is 8.38. The van der Waals surface area contributed by atoms with Crippen LogP contribution in [0.3, 0.4) is 0 Å². The van der Waals surface area contributed by atoms with Gasteiger partial charge in [-0.2, -0.15) is 18.4 Å². The quantitative estimate of drug-likeness (QED) is 0.725. The van der Waals surface area contributed by atoms with Crippen LogP contribution in [0.4, 0.5) is 0 Å². The third kappa shape index (κ3) is 4.54. The van der Waals surface area contributed by atoms with Crippen molar-refractivity contribution in [1.29, 1.82) is 0 Å². The Labute approximate surface area is 183 Å². The Morgan fingerprint density at radius 3 is 2.35 bits per heavy atom. The van der Waals surface area contributed by atoms with Gasteiger partial charge in [-0.3, -0.25) is 4.79 Å². The molecule has 1 saturated heterocycles. The average molecular weight is 444 g/mol. The highest BCUT2D eigenvalue weighted by molar-refractivity contribution is 7.89. The molecule has 2 aliphatic rings. The summed E-state index contributed by atoms with van der Waals surface area (Å²) in [6.45, 7) is 5.27. The van der Waals surface area contributed by atoms with Crippen LogP contribution in [-0.4, -0.2) is 38.0 Å². The normalized spacial score (nSPS) is 18.5. The molecule has 166 valence electrons. The smallest absolute Gasteiger partial charge is 0.289 e. The number of nitrogens with zero attached hydrogens (tertiary/aromatic N) is 2. The molecule has 1 aliphatic heterocycles. The number of rotatable bonds is 4. The van der Waals surface area contributed by atoms with E-state index < -0.39 is 10.0 Å². The number of hydrazone groups is 1. The fourth-order valence-electron chi connectivity index (χ4n) is 4.29. The van der Waals surface area contributed by atoms with Gasteiger partial charge in [-0.1, -0.05) is 30.5 Å². The van der Waals surface area contributed by atoms with Crippen LogP contribution < -0.4 is 4.83 Å². The van der Waals surface area contributed by atoms with E-state index in [9.17, 15) is 13.2 Å². The molecule has 0 unspecified atom stereocenters. The van der Waals surface area contributed by atoms with Crippen molar-refractivity contribution in [3.63, 3.8) is 0 Å². The summed E-state index contributed by atoms with van der Waals surface area (Å²) in [5, 5.41) is 4.25. The van der Waals surface area contributed by atoms with E-state index in [1.165, 1.54) is 0 Å². The number of carbonyl (C=O) groups is 1. The summed E-state index contributed by atoms with van der Waals surface area (Å²) in [6, 6.07) is 6.62. The first-order valence-electron chi connectivity index (χ1n) is 10.9. The molecule has 2 aromatic rings. The van der Waals surface area contributed by atoms with Crippen LogP contribution in [0, 0.1) is 13.8 Å². The summed E-state index contributed by atoms with van der Waals surface area (Å²) in [5.41, 5.74) is 3.12. The standard InChI is InChI=1S/C23H29N3O4S/c1-16-10-12-18(13-11-16)31(28,29)25-24-19-8-7-9-20-21(19)17(2)22(30-20)23(27)26-14-5-3-4-6-15-26/h10-13,25H,3-9,14-15H2,1-2H3/b24-19+. The number of hydrogen-bond acceptors (Lipinski definition) is 5. The van der Waals surface area contributed by atoms with Crippen molar-refractivity contribution >= 4 is 21.6 Å². The summed E-state index contributed by atoms with van der Waals surface area (Å²) >= 11 is 0. The Morgan fingerprint density at radius 2 is 1.68 bits per heavy atom. The van der Waals surface area contributed by atoms with Gasteiger partial charge in [0.05, 0.1) is 10.6 Å². The minimum atomic E-state index is -3.77. The highest BCUT2D eigenvalue weighted by Gasteiger charge is 2.30. The third-order valence-electron chi connectivity index (χ3n) is 6.05. The number of aryl methyl sites for hydroxylation is 2. The molecule has 1 aliphatic carbocycles. The van der Waals surface area contributed by atoms with E-state index in [2.05, 4.69) is 9.93 Å². The average Bonchev–Trinajstić information content (AvgIpc) is 2.93. The van der Waals surface area contributed by atoms with Gasteiger partial charge in [0.25, 0.3) is 15.9 Å². The molecule has 0 spiro atoms. The van der Waals surface area contributed by atoms with E-state index in [4.69, 9.17) is 4.42 Å². The summed E-state index contributed by atoms with van der Waals surface area (Å²) in [4.78, 5) is 17.5. The van der Waals surface area contributed by atoms with E-state index in [1.54, 1.807) is 24.3 Å². The monoisotopic (exact) mass is 443 g/mol. The van der Waals surface area contributed by atoms with Crippen LogP contribution in [0.25, 0.3) is 0 Å². The van der Waals surface area contributed by atoms with Gasteiger partial charge in [-0.05, 0) is 51.7 Å². The van der Waals surface area contributed by atoms with E-state index in [0.29, 0.717) is 24.3 Å². The van der Waals surface area contributed by atoms with Gasteiger partial charge >= 0.3 is 0 Å². The van der Waals surface area contributed by atoms with Gasteiger partial charge in [0.2, 0.25) is 0 Å². The first-order chi connectivity index (χ1) is 14.9. The molecule has 0 bridgehead atoms. The number of likely N-dealkylation sites (tertiary alicyclic amines) is 1. The first-order valence-corrected chi connectivity index (χ1v) is 12.4. The molecule has 1 amide bonds. The van der Waals surface area contributed by atoms with Gasteiger partial charge in [-0.25, -0.2) is 0 Å². The van der Waals surface area contributed by atoms with Crippen molar-refractivity contribution in [3.05, 3.63) is 52.5 Å². The van der Waals surface area contributed by atoms with E-state index in [1.807, 2.05) is 18.7 Å². The molecule has 1 fully saturated rings. The van der Waals surface area contributed by atoms with Gasteiger partial charge in [0.1, 0.15) is 5.76 Å². The summed E-state index contributed by atoms with van der Waals surface area (Å²) < 4.78 is 31.3. The van der Waals surface area contributed by atoms with Gasteiger partial charge < -0.3 is 9.32 Å².